The molecule has 1 saturated carbocycles. The molecule has 0 aromatic heterocycles. The van der Waals surface area contributed by atoms with Gasteiger partial charge in [0, 0.05) is 30.3 Å². The number of halogens is 1. The molecule has 1 fully saturated rings. The number of nitrogens with one attached hydrogen (secondary N) is 1. The molecule has 0 saturated heterocycles. The van der Waals surface area contributed by atoms with E-state index in [2.05, 4.69) is 12.2 Å². The highest BCUT2D eigenvalue weighted by atomic mass is 32.2. The zero-order chi connectivity index (χ0) is 15.1. The van der Waals surface area contributed by atoms with Crippen molar-refractivity contribution in [1.82, 2.24) is 5.32 Å². The van der Waals surface area contributed by atoms with E-state index in [4.69, 9.17) is 4.74 Å². The van der Waals surface area contributed by atoms with Gasteiger partial charge < -0.3 is 10.1 Å². The van der Waals surface area contributed by atoms with E-state index in [9.17, 15) is 4.39 Å². The van der Waals surface area contributed by atoms with Crippen LogP contribution in [0.25, 0.3) is 0 Å². The van der Waals surface area contributed by atoms with E-state index in [1.165, 1.54) is 30.6 Å². The molecule has 0 spiro atoms. The molecule has 2 atom stereocenters. The van der Waals surface area contributed by atoms with Crippen LogP contribution in [0.2, 0.25) is 0 Å². The van der Waals surface area contributed by atoms with Gasteiger partial charge in [0.1, 0.15) is 5.82 Å². The number of benzene rings is 1. The minimum Gasteiger partial charge on any atom is -0.383 e. The standard InChI is InChI=1S/C17H26FNOS/c1-13-4-3-5-16(10-13)21-17-7-6-15(18)11-14(17)12-19-8-9-20-2/h6-7,11,13,16,19H,3-5,8-10,12H2,1-2H3. The average molecular weight is 311 g/mol. The SMILES string of the molecule is COCCNCc1cc(F)ccc1SC1CCCC(C)C1. The number of ether oxygens (including phenoxy) is 1. The Balaban J connectivity index is 1.96. The van der Waals surface area contributed by atoms with Crippen LogP contribution >= 0.6 is 11.8 Å². The van der Waals surface area contributed by atoms with Gasteiger partial charge in [-0.1, -0.05) is 19.8 Å². The van der Waals surface area contributed by atoms with Gasteiger partial charge in [0.05, 0.1) is 6.61 Å². The lowest BCUT2D eigenvalue weighted by Gasteiger charge is -2.27. The van der Waals surface area contributed by atoms with E-state index < -0.39 is 0 Å². The molecule has 1 aromatic carbocycles. The van der Waals surface area contributed by atoms with Crippen molar-refractivity contribution in [2.45, 2.75) is 49.3 Å². The Morgan fingerprint density at radius 3 is 3.00 bits per heavy atom. The molecule has 2 rings (SSSR count). The molecule has 2 unspecified atom stereocenters. The highest BCUT2D eigenvalue weighted by molar-refractivity contribution is 8.00. The third-order valence-corrected chi connectivity index (χ3v) is 5.42. The predicted octanol–water partition coefficient (Wildman–Crippen LogP) is 4.23. The fourth-order valence-electron chi connectivity index (χ4n) is 2.86. The molecule has 1 N–H and O–H groups in total. The Bertz CT molecular complexity index is 441. The normalized spacial score (nSPS) is 22.4. The molecule has 1 aliphatic carbocycles. The van der Waals surface area contributed by atoms with Crippen LogP contribution in [-0.4, -0.2) is 25.5 Å². The van der Waals surface area contributed by atoms with Crippen LogP contribution in [0.5, 0.6) is 0 Å². The summed E-state index contributed by atoms with van der Waals surface area (Å²) in [5, 5.41) is 3.99. The van der Waals surface area contributed by atoms with Gasteiger partial charge in [-0.15, -0.1) is 11.8 Å². The maximum Gasteiger partial charge on any atom is 0.123 e. The Morgan fingerprint density at radius 1 is 1.38 bits per heavy atom. The zero-order valence-electron chi connectivity index (χ0n) is 13.0. The molecule has 0 bridgehead atoms. The Kier molecular flexibility index (Phi) is 7.00. The van der Waals surface area contributed by atoms with Gasteiger partial charge >= 0.3 is 0 Å². The Morgan fingerprint density at radius 2 is 2.24 bits per heavy atom. The summed E-state index contributed by atoms with van der Waals surface area (Å²) in [6.07, 6.45) is 5.23. The molecule has 118 valence electrons. The minimum absolute atomic E-state index is 0.153. The van der Waals surface area contributed by atoms with Gasteiger partial charge in [-0.05, 0) is 42.5 Å². The first kappa shape index (κ1) is 16.8. The van der Waals surface area contributed by atoms with Crippen molar-refractivity contribution in [2.75, 3.05) is 20.3 Å². The molecular weight excluding hydrogens is 285 g/mol. The van der Waals surface area contributed by atoms with E-state index in [0.717, 1.165) is 18.0 Å². The smallest absolute Gasteiger partial charge is 0.123 e. The summed E-state index contributed by atoms with van der Waals surface area (Å²) in [5.41, 5.74) is 1.06. The van der Waals surface area contributed by atoms with Crippen LogP contribution in [0.15, 0.2) is 23.1 Å². The monoisotopic (exact) mass is 311 g/mol. The third kappa shape index (κ3) is 5.61. The third-order valence-electron chi connectivity index (χ3n) is 4.00. The van der Waals surface area contributed by atoms with E-state index in [0.29, 0.717) is 18.4 Å². The van der Waals surface area contributed by atoms with Crippen LogP contribution in [0.4, 0.5) is 4.39 Å². The van der Waals surface area contributed by atoms with Crippen LogP contribution in [0, 0.1) is 11.7 Å². The summed E-state index contributed by atoms with van der Waals surface area (Å²) in [5.74, 6) is 0.667. The number of methoxy groups -OCH3 is 1. The molecule has 21 heavy (non-hydrogen) atoms. The summed E-state index contributed by atoms with van der Waals surface area (Å²) < 4.78 is 18.5. The van der Waals surface area contributed by atoms with Crippen molar-refractivity contribution >= 4 is 11.8 Å². The van der Waals surface area contributed by atoms with Crippen molar-refractivity contribution in [3.63, 3.8) is 0 Å². The molecule has 0 radical (unpaired) electrons. The first-order chi connectivity index (χ1) is 10.2. The molecule has 0 aliphatic heterocycles. The van der Waals surface area contributed by atoms with E-state index in [1.807, 2.05) is 17.8 Å². The van der Waals surface area contributed by atoms with Gasteiger partial charge in [0.15, 0.2) is 0 Å². The van der Waals surface area contributed by atoms with Crippen LogP contribution < -0.4 is 5.32 Å². The lowest BCUT2D eigenvalue weighted by molar-refractivity contribution is 0.199. The Hall–Kier alpha value is -0.580. The zero-order valence-corrected chi connectivity index (χ0v) is 13.8. The summed E-state index contributed by atoms with van der Waals surface area (Å²) in [7, 11) is 1.69. The summed E-state index contributed by atoms with van der Waals surface area (Å²) in [6, 6.07) is 5.17. The van der Waals surface area contributed by atoms with Gasteiger partial charge in [-0.3, -0.25) is 0 Å². The highest BCUT2D eigenvalue weighted by Crippen LogP contribution is 2.37. The minimum atomic E-state index is -0.153. The van der Waals surface area contributed by atoms with Crippen molar-refractivity contribution in [3.05, 3.63) is 29.6 Å². The lowest BCUT2D eigenvalue weighted by atomic mass is 9.91. The fourth-order valence-corrected chi connectivity index (χ4v) is 4.36. The first-order valence-corrected chi connectivity index (χ1v) is 8.71. The highest BCUT2D eigenvalue weighted by Gasteiger charge is 2.20. The quantitative estimate of drug-likeness (QED) is 0.761. The van der Waals surface area contributed by atoms with Crippen LogP contribution in [0.1, 0.15) is 38.2 Å². The van der Waals surface area contributed by atoms with Crippen molar-refractivity contribution in [1.29, 1.82) is 0 Å². The van der Waals surface area contributed by atoms with Crippen molar-refractivity contribution < 1.29 is 9.13 Å². The van der Waals surface area contributed by atoms with E-state index >= 15 is 0 Å². The van der Waals surface area contributed by atoms with Crippen LogP contribution in [-0.2, 0) is 11.3 Å². The van der Waals surface area contributed by atoms with Gasteiger partial charge in [-0.2, -0.15) is 0 Å². The number of hydrogen-bond acceptors (Lipinski definition) is 3. The molecule has 1 aliphatic rings. The number of thioether (sulfide) groups is 1. The fraction of sp³-hybridized carbons (Fsp3) is 0.647. The molecular formula is C17H26FNOS. The molecule has 0 amide bonds. The second kappa shape index (κ2) is 8.76. The van der Waals surface area contributed by atoms with Gasteiger partial charge in [0.25, 0.3) is 0 Å². The number of hydrogen-bond donors (Lipinski definition) is 1. The maximum atomic E-state index is 13.5. The summed E-state index contributed by atoms with van der Waals surface area (Å²) in [4.78, 5) is 1.22. The topological polar surface area (TPSA) is 21.3 Å². The molecule has 1 aromatic rings. The second-order valence-electron chi connectivity index (χ2n) is 5.93. The Labute approximate surface area is 131 Å². The maximum absolute atomic E-state index is 13.5. The molecule has 4 heteroatoms. The first-order valence-electron chi connectivity index (χ1n) is 7.83. The average Bonchev–Trinajstić information content (AvgIpc) is 2.46. The molecule has 2 nitrogen and oxygen atoms in total. The van der Waals surface area contributed by atoms with E-state index in [1.54, 1.807) is 19.2 Å². The van der Waals surface area contributed by atoms with Crippen molar-refractivity contribution in [3.8, 4) is 0 Å². The van der Waals surface area contributed by atoms with Gasteiger partial charge in [-0.25, -0.2) is 4.39 Å². The predicted molar refractivity (Wildman–Crippen MR) is 87.3 cm³/mol. The van der Waals surface area contributed by atoms with Crippen molar-refractivity contribution in [2.24, 2.45) is 5.92 Å². The largest absolute Gasteiger partial charge is 0.383 e. The number of rotatable bonds is 7. The van der Waals surface area contributed by atoms with E-state index in [-0.39, 0.29) is 5.82 Å². The van der Waals surface area contributed by atoms with Gasteiger partial charge in [0.2, 0.25) is 0 Å². The lowest BCUT2D eigenvalue weighted by Crippen LogP contribution is -2.19. The van der Waals surface area contributed by atoms with Crippen LogP contribution in [0.3, 0.4) is 0 Å². The summed E-state index contributed by atoms with van der Waals surface area (Å²) >= 11 is 1.93. The summed E-state index contributed by atoms with van der Waals surface area (Å²) in [6.45, 7) is 4.51. The molecule has 0 heterocycles. The second-order valence-corrected chi connectivity index (χ2v) is 7.28.